The Labute approximate surface area is 150 Å². The topological polar surface area (TPSA) is 87.0 Å². The highest BCUT2D eigenvalue weighted by Gasteiger charge is 2.77. The van der Waals surface area contributed by atoms with Crippen LogP contribution in [0.25, 0.3) is 0 Å². The molecule has 0 amide bonds. The van der Waals surface area contributed by atoms with Crippen LogP contribution in [0, 0.1) is 22.7 Å². The number of carbonyl (C=O) groups excluding carboxylic acids is 1. The molecule has 0 aromatic carbocycles. The first kappa shape index (κ1) is 18.9. The maximum atomic E-state index is 12.7. The van der Waals surface area contributed by atoms with Crippen molar-refractivity contribution in [2.24, 2.45) is 22.7 Å². The second kappa shape index (κ2) is 6.67. The number of esters is 1. The number of rotatable bonds is 6. The Morgan fingerprint density at radius 1 is 1.32 bits per heavy atom. The molecule has 0 bridgehead atoms. The molecule has 0 radical (unpaired) electrons. The Bertz CT molecular complexity index is 558. The van der Waals surface area contributed by atoms with E-state index in [1.165, 1.54) is 0 Å². The van der Waals surface area contributed by atoms with Crippen LogP contribution in [0.3, 0.4) is 0 Å². The molecular weight excluding hydrogens is 320 g/mol. The maximum Gasteiger partial charge on any atom is 0.317 e. The Morgan fingerprint density at radius 3 is 2.68 bits per heavy atom. The highest BCUT2D eigenvalue weighted by atomic mass is 16.6. The molecular formula is C20H32O5. The number of hydrogen-bond donors (Lipinski definition) is 3. The van der Waals surface area contributed by atoms with Crippen LogP contribution in [0.1, 0.15) is 58.8 Å². The van der Waals surface area contributed by atoms with Gasteiger partial charge < -0.3 is 20.1 Å². The zero-order chi connectivity index (χ0) is 18.3. The van der Waals surface area contributed by atoms with Crippen molar-refractivity contribution in [2.75, 3.05) is 19.8 Å². The van der Waals surface area contributed by atoms with E-state index in [2.05, 4.69) is 13.8 Å². The Kier molecular flexibility index (Phi) is 5.04. The van der Waals surface area contributed by atoms with E-state index in [1.54, 1.807) is 6.08 Å². The zero-order valence-electron chi connectivity index (χ0n) is 15.5. The summed E-state index contributed by atoms with van der Waals surface area (Å²) in [5.41, 5.74) is -0.367. The van der Waals surface area contributed by atoms with Crippen molar-refractivity contribution in [3.05, 3.63) is 11.6 Å². The van der Waals surface area contributed by atoms with Gasteiger partial charge in [0.05, 0.1) is 13.2 Å². The third kappa shape index (κ3) is 2.50. The van der Waals surface area contributed by atoms with Crippen molar-refractivity contribution >= 4 is 5.97 Å². The maximum absolute atomic E-state index is 12.7. The van der Waals surface area contributed by atoms with E-state index in [0.29, 0.717) is 6.42 Å². The first-order chi connectivity index (χ1) is 11.9. The smallest absolute Gasteiger partial charge is 0.317 e. The summed E-state index contributed by atoms with van der Waals surface area (Å²) in [5.74, 6) is 0.280. The highest BCUT2D eigenvalue weighted by Crippen LogP contribution is 2.71. The van der Waals surface area contributed by atoms with Gasteiger partial charge in [-0.2, -0.15) is 0 Å². The standard InChI is InChI=1S/C20H32O5/c1-14-11-20-16(5-3-4-8-18(20,2)25-17(20)24)19(14,13-23)9-6-15(12-22)7-10-21/h7,14,16,21-23H,3-6,8-13H2,1-2H3/b15-7-/t14-,16-,18+,19-,20+/m1/s1. The van der Waals surface area contributed by atoms with Crippen LogP contribution in [-0.2, 0) is 9.53 Å². The molecule has 5 nitrogen and oxygen atoms in total. The molecule has 142 valence electrons. The van der Waals surface area contributed by atoms with Crippen molar-refractivity contribution in [3.8, 4) is 0 Å². The number of carbonyl (C=O) groups is 1. The summed E-state index contributed by atoms with van der Waals surface area (Å²) in [5, 5.41) is 29.1. The van der Waals surface area contributed by atoms with Gasteiger partial charge in [-0.1, -0.05) is 19.4 Å². The summed E-state index contributed by atoms with van der Waals surface area (Å²) in [6, 6.07) is 0. The summed E-state index contributed by atoms with van der Waals surface area (Å²) in [6.07, 6.45) is 7.79. The average molecular weight is 352 g/mol. The molecule has 2 saturated carbocycles. The van der Waals surface area contributed by atoms with Gasteiger partial charge in [-0.3, -0.25) is 4.79 Å². The van der Waals surface area contributed by atoms with Crippen LogP contribution in [-0.4, -0.2) is 46.7 Å². The number of aliphatic hydroxyl groups is 3. The van der Waals surface area contributed by atoms with Crippen molar-refractivity contribution in [3.63, 3.8) is 0 Å². The second-order valence-electron chi connectivity index (χ2n) is 8.59. The lowest BCUT2D eigenvalue weighted by Gasteiger charge is -2.57. The first-order valence-electron chi connectivity index (χ1n) is 9.64. The fourth-order valence-electron chi connectivity index (χ4n) is 6.18. The molecule has 2 aliphatic carbocycles. The molecule has 1 spiro atoms. The second-order valence-corrected chi connectivity index (χ2v) is 8.59. The van der Waals surface area contributed by atoms with E-state index in [-0.39, 0.29) is 43.0 Å². The predicted molar refractivity (Wildman–Crippen MR) is 93.7 cm³/mol. The summed E-state index contributed by atoms with van der Waals surface area (Å²) in [7, 11) is 0. The van der Waals surface area contributed by atoms with Crippen LogP contribution in [0.2, 0.25) is 0 Å². The Morgan fingerprint density at radius 2 is 2.08 bits per heavy atom. The molecule has 3 rings (SSSR count). The third-order valence-corrected chi connectivity index (χ3v) is 7.71. The van der Waals surface area contributed by atoms with Gasteiger partial charge in [-0.15, -0.1) is 0 Å². The van der Waals surface area contributed by atoms with Gasteiger partial charge in [0.1, 0.15) is 11.0 Å². The van der Waals surface area contributed by atoms with E-state index in [0.717, 1.165) is 44.1 Å². The van der Waals surface area contributed by atoms with Gasteiger partial charge in [0.15, 0.2) is 0 Å². The largest absolute Gasteiger partial charge is 0.458 e. The molecule has 3 aliphatic rings. The molecule has 3 fully saturated rings. The first-order valence-corrected chi connectivity index (χ1v) is 9.64. The minimum absolute atomic E-state index is 0.0573. The molecule has 1 saturated heterocycles. The van der Waals surface area contributed by atoms with Gasteiger partial charge in [0.2, 0.25) is 0 Å². The van der Waals surface area contributed by atoms with Crippen LogP contribution >= 0.6 is 0 Å². The summed E-state index contributed by atoms with van der Waals surface area (Å²) in [6.45, 7) is 4.13. The molecule has 1 aliphatic heterocycles. The molecule has 25 heavy (non-hydrogen) atoms. The van der Waals surface area contributed by atoms with Crippen molar-refractivity contribution in [2.45, 2.75) is 64.4 Å². The molecule has 3 N–H and O–H groups in total. The fraction of sp³-hybridized carbons (Fsp3) is 0.850. The summed E-state index contributed by atoms with van der Waals surface area (Å²) >= 11 is 0. The van der Waals surface area contributed by atoms with Gasteiger partial charge in [0, 0.05) is 12.0 Å². The lowest BCUT2D eigenvalue weighted by atomic mass is 9.56. The van der Waals surface area contributed by atoms with Gasteiger partial charge >= 0.3 is 5.97 Å². The Hall–Kier alpha value is -0.910. The third-order valence-electron chi connectivity index (χ3n) is 7.71. The zero-order valence-corrected chi connectivity index (χ0v) is 15.5. The fourth-order valence-corrected chi connectivity index (χ4v) is 6.18. The lowest BCUT2D eigenvalue weighted by molar-refractivity contribution is -0.251. The predicted octanol–water partition coefficient (Wildman–Crippen LogP) is 2.19. The summed E-state index contributed by atoms with van der Waals surface area (Å²) < 4.78 is 5.68. The minimum atomic E-state index is -0.453. The summed E-state index contributed by atoms with van der Waals surface area (Å²) in [4.78, 5) is 12.7. The van der Waals surface area contributed by atoms with E-state index in [9.17, 15) is 15.0 Å². The molecule has 0 aromatic rings. The van der Waals surface area contributed by atoms with Crippen LogP contribution in [0.15, 0.2) is 11.6 Å². The van der Waals surface area contributed by atoms with Crippen LogP contribution < -0.4 is 0 Å². The van der Waals surface area contributed by atoms with E-state index in [1.807, 2.05) is 0 Å². The normalized spacial score (nSPS) is 43.7. The molecule has 1 heterocycles. The van der Waals surface area contributed by atoms with E-state index < -0.39 is 11.0 Å². The average Bonchev–Trinajstić information content (AvgIpc) is 2.80. The molecule has 5 atom stereocenters. The SMILES string of the molecule is C[C@@H]1C[C@]23C(=O)O[C@@]2(C)CCCC[C@@H]3[C@@]1(CO)CC/C(=C/CO)CO. The minimum Gasteiger partial charge on any atom is -0.458 e. The monoisotopic (exact) mass is 352 g/mol. The molecule has 0 aromatic heterocycles. The van der Waals surface area contributed by atoms with Crippen molar-refractivity contribution in [1.29, 1.82) is 0 Å². The van der Waals surface area contributed by atoms with Crippen LogP contribution in [0.4, 0.5) is 0 Å². The van der Waals surface area contributed by atoms with Gasteiger partial charge in [0.25, 0.3) is 0 Å². The lowest BCUT2D eigenvalue weighted by Crippen LogP contribution is -2.67. The number of hydrogen-bond acceptors (Lipinski definition) is 5. The molecule has 5 heteroatoms. The number of aliphatic hydroxyl groups excluding tert-OH is 3. The Balaban J connectivity index is 1.94. The van der Waals surface area contributed by atoms with Crippen molar-refractivity contribution < 1.29 is 24.9 Å². The van der Waals surface area contributed by atoms with Gasteiger partial charge in [-0.25, -0.2) is 0 Å². The van der Waals surface area contributed by atoms with E-state index in [4.69, 9.17) is 9.84 Å². The van der Waals surface area contributed by atoms with Crippen LogP contribution in [0.5, 0.6) is 0 Å². The van der Waals surface area contributed by atoms with Crippen molar-refractivity contribution in [1.82, 2.24) is 0 Å². The highest BCUT2D eigenvalue weighted by molar-refractivity contribution is 5.86. The number of ether oxygens (including phenoxy) is 1. The molecule has 0 unspecified atom stereocenters. The van der Waals surface area contributed by atoms with E-state index >= 15 is 0 Å². The quantitative estimate of drug-likeness (QED) is 0.504. The van der Waals surface area contributed by atoms with Gasteiger partial charge in [-0.05, 0) is 62.9 Å².